The summed E-state index contributed by atoms with van der Waals surface area (Å²) in [6.45, 7) is 3.85. The first-order valence-corrected chi connectivity index (χ1v) is 4.73. The predicted octanol–water partition coefficient (Wildman–Crippen LogP) is 0.252. The second kappa shape index (κ2) is 4.58. The van der Waals surface area contributed by atoms with Gasteiger partial charge in [0.05, 0.1) is 13.0 Å². The van der Waals surface area contributed by atoms with E-state index in [2.05, 4.69) is 12.2 Å². The molecule has 1 aliphatic rings. The van der Waals surface area contributed by atoms with Crippen molar-refractivity contribution in [2.24, 2.45) is 11.8 Å². The molecular formula is C9H18N2O2. The van der Waals surface area contributed by atoms with Gasteiger partial charge >= 0.3 is 0 Å². The maximum absolute atomic E-state index is 11.7. The van der Waals surface area contributed by atoms with Gasteiger partial charge in [-0.1, -0.05) is 13.3 Å². The number of nitrogens with zero attached hydrogens (tertiary/aromatic N) is 1. The van der Waals surface area contributed by atoms with Crippen molar-refractivity contribution in [2.75, 3.05) is 27.2 Å². The average molecular weight is 186 g/mol. The molecule has 1 rings (SSSR count). The van der Waals surface area contributed by atoms with Crippen molar-refractivity contribution in [1.29, 1.82) is 0 Å². The minimum absolute atomic E-state index is 0.0827. The fourth-order valence-corrected chi connectivity index (χ4v) is 1.77. The molecule has 1 amide bonds. The number of nitrogens with one attached hydrogen (secondary N) is 1. The highest BCUT2D eigenvalue weighted by atomic mass is 16.7. The summed E-state index contributed by atoms with van der Waals surface area (Å²) in [6.07, 6.45) is 1.04. The molecule has 0 aliphatic carbocycles. The van der Waals surface area contributed by atoms with Crippen LogP contribution in [-0.2, 0) is 9.63 Å². The topological polar surface area (TPSA) is 41.6 Å². The van der Waals surface area contributed by atoms with Crippen LogP contribution < -0.4 is 5.32 Å². The van der Waals surface area contributed by atoms with E-state index in [1.165, 1.54) is 12.2 Å². The highest BCUT2D eigenvalue weighted by Crippen LogP contribution is 2.21. The first-order chi connectivity index (χ1) is 6.20. The van der Waals surface area contributed by atoms with Gasteiger partial charge in [-0.3, -0.25) is 9.63 Å². The maximum atomic E-state index is 11.7. The van der Waals surface area contributed by atoms with Crippen LogP contribution >= 0.6 is 0 Å². The van der Waals surface area contributed by atoms with Gasteiger partial charge in [0.25, 0.3) is 5.91 Å². The number of hydroxylamine groups is 2. The number of hydrogen-bond acceptors (Lipinski definition) is 3. The largest absolute Gasteiger partial charge is 0.316 e. The third-order valence-electron chi connectivity index (χ3n) is 2.77. The van der Waals surface area contributed by atoms with E-state index >= 15 is 0 Å². The van der Waals surface area contributed by atoms with Crippen LogP contribution in [-0.4, -0.2) is 38.2 Å². The Labute approximate surface area is 79.2 Å². The first-order valence-electron chi connectivity index (χ1n) is 4.73. The van der Waals surface area contributed by atoms with Gasteiger partial charge in [-0.15, -0.1) is 0 Å². The molecule has 76 valence electrons. The van der Waals surface area contributed by atoms with Crippen LogP contribution in [0.5, 0.6) is 0 Å². The van der Waals surface area contributed by atoms with Gasteiger partial charge in [0.2, 0.25) is 0 Å². The van der Waals surface area contributed by atoms with Gasteiger partial charge in [0, 0.05) is 13.6 Å². The van der Waals surface area contributed by atoms with Crippen LogP contribution in [0.1, 0.15) is 13.3 Å². The van der Waals surface area contributed by atoms with Gasteiger partial charge in [-0.05, 0) is 12.5 Å². The SMILES string of the molecule is CC[C@@H]1CNC[C@@H]1C(=O)N(C)OC. The molecule has 0 aromatic rings. The van der Waals surface area contributed by atoms with E-state index in [0.717, 1.165) is 19.5 Å². The summed E-state index contributed by atoms with van der Waals surface area (Å²) in [5.41, 5.74) is 0. The summed E-state index contributed by atoms with van der Waals surface area (Å²) < 4.78 is 0. The van der Waals surface area contributed by atoms with E-state index in [0.29, 0.717) is 5.92 Å². The summed E-state index contributed by atoms with van der Waals surface area (Å²) >= 11 is 0. The van der Waals surface area contributed by atoms with Crippen molar-refractivity contribution in [3.63, 3.8) is 0 Å². The lowest BCUT2D eigenvalue weighted by molar-refractivity contribution is -0.174. The lowest BCUT2D eigenvalue weighted by Gasteiger charge is -2.21. The molecule has 1 fully saturated rings. The third kappa shape index (κ3) is 2.19. The van der Waals surface area contributed by atoms with Crippen molar-refractivity contribution in [2.45, 2.75) is 13.3 Å². The molecule has 1 N–H and O–H groups in total. The average Bonchev–Trinajstić information content (AvgIpc) is 2.62. The fraction of sp³-hybridized carbons (Fsp3) is 0.889. The van der Waals surface area contributed by atoms with E-state index in [9.17, 15) is 4.79 Å². The lowest BCUT2D eigenvalue weighted by Crippen LogP contribution is -2.35. The Balaban J connectivity index is 2.54. The highest BCUT2D eigenvalue weighted by molar-refractivity contribution is 5.78. The summed E-state index contributed by atoms with van der Waals surface area (Å²) in [5.74, 6) is 0.638. The molecule has 0 unspecified atom stereocenters. The summed E-state index contributed by atoms with van der Waals surface area (Å²) in [4.78, 5) is 16.6. The summed E-state index contributed by atoms with van der Waals surface area (Å²) in [5, 5.41) is 4.55. The van der Waals surface area contributed by atoms with E-state index in [1.807, 2.05) is 0 Å². The lowest BCUT2D eigenvalue weighted by atomic mass is 9.93. The third-order valence-corrected chi connectivity index (χ3v) is 2.77. The Hall–Kier alpha value is -0.610. The van der Waals surface area contributed by atoms with Gasteiger partial charge in [-0.25, -0.2) is 5.06 Å². The minimum atomic E-state index is 0.0827. The zero-order chi connectivity index (χ0) is 9.84. The molecule has 0 saturated carbocycles. The number of carbonyl (C=O) groups excluding carboxylic acids is 1. The van der Waals surface area contributed by atoms with Crippen molar-refractivity contribution < 1.29 is 9.63 Å². The standard InChI is InChI=1S/C9H18N2O2/c1-4-7-5-10-6-8(7)9(12)11(2)13-3/h7-8,10H,4-6H2,1-3H3/t7-,8+/m1/s1. The van der Waals surface area contributed by atoms with Crippen LogP contribution in [0.25, 0.3) is 0 Å². The van der Waals surface area contributed by atoms with Gasteiger partial charge in [0.15, 0.2) is 0 Å². The Kier molecular flexibility index (Phi) is 3.69. The second-order valence-corrected chi connectivity index (χ2v) is 3.45. The normalized spacial score (nSPS) is 27.6. The van der Waals surface area contributed by atoms with Gasteiger partial charge in [0.1, 0.15) is 0 Å². The molecule has 13 heavy (non-hydrogen) atoms. The molecular weight excluding hydrogens is 168 g/mol. The zero-order valence-electron chi connectivity index (χ0n) is 8.54. The number of amides is 1. The first kappa shape index (κ1) is 10.5. The Morgan fingerprint density at radius 1 is 1.62 bits per heavy atom. The molecule has 1 saturated heterocycles. The minimum Gasteiger partial charge on any atom is -0.316 e. The quantitative estimate of drug-likeness (QED) is 0.642. The van der Waals surface area contributed by atoms with Crippen molar-refractivity contribution in [1.82, 2.24) is 10.4 Å². The Bertz CT molecular complexity index is 184. The molecule has 4 nitrogen and oxygen atoms in total. The molecule has 1 heterocycles. The van der Waals surface area contributed by atoms with Crippen molar-refractivity contribution in [3.05, 3.63) is 0 Å². The van der Waals surface area contributed by atoms with E-state index in [1.54, 1.807) is 7.05 Å². The van der Waals surface area contributed by atoms with Crippen LogP contribution in [0.4, 0.5) is 0 Å². The van der Waals surface area contributed by atoms with Gasteiger partial charge in [-0.2, -0.15) is 0 Å². The summed E-state index contributed by atoms with van der Waals surface area (Å²) in [6, 6.07) is 0. The fourth-order valence-electron chi connectivity index (χ4n) is 1.77. The summed E-state index contributed by atoms with van der Waals surface area (Å²) in [7, 11) is 3.18. The predicted molar refractivity (Wildman–Crippen MR) is 49.9 cm³/mol. The molecule has 4 heteroatoms. The number of carbonyl (C=O) groups is 1. The Morgan fingerprint density at radius 2 is 2.31 bits per heavy atom. The maximum Gasteiger partial charge on any atom is 0.250 e. The van der Waals surface area contributed by atoms with Crippen molar-refractivity contribution in [3.8, 4) is 0 Å². The van der Waals surface area contributed by atoms with Gasteiger partial charge < -0.3 is 5.32 Å². The number of rotatable bonds is 3. The van der Waals surface area contributed by atoms with Crippen LogP contribution in [0, 0.1) is 11.8 Å². The monoisotopic (exact) mass is 186 g/mol. The van der Waals surface area contributed by atoms with Crippen LogP contribution in [0.2, 0.25) is 0 Å². The van der Waals surface area contributed by atoms with E-state index < -0.39 is 0 Å². The zero-order valence-corrected chi connectivity index (χ0v) is 8.54. The van der Waals surface area contributed by atoms with E-state index in [4.69, 9.17) is 4.84 Å². The number of hydrogen-bond donors (Lipinski definition) is 1. The van der Waals surface area contributed by atoms with Crippen molar-refractivity contribution >= 4 is 5.91 Å². The smallest absolute Gasteiger partial charge is 0.250 e. The molecule has 0 spiro atoms. The van der Waals surface area contributed by atoms with Crippen LogP contribution in [0.15, 0.2) is 0 Å². The molecule has 2 atom stereocenters. The molecule has 0 bridgehead atoms. The molecule has 1 aliphatic heterocycles. The molecule has 0 radical (unpaired) electrons. The molecule has 0 aromatic carbocycles. The second-order valence-electron chi connectivity index (χ2n) is 3.45. The Morgan fingerprint density at radius 3 is 2.85 bits per heavy atom. The van der Waals surface area contributed by atoms with Crippen LogP contribution in [0.3, 0.4) is 0 Å². The molecule has 0 aromatic heterocycles. The van der Waals surface area contributed by atoms with E-state index in [-0.39, 0.29) is 11.8 Å². The highest BCUT2D eigenvalue weighted by Gasteiger charge is 2.33.